The molecular weight excluding hydrogens is 449 g/mol. The molecule has 0 bridgehead atoms. The number of nitrogens with zero attached hydrogens (tertiary/aromatic N) is 1. The van der Waals surface area contributed by atoms with Gasteiger partial charge in [-0.15, -0.1) is 6.58 Å². The number of hydrogen-bond acceptors (Lipinski definition) is 5. The van der Waals surface area contributed by atoms with Crippen molar-refractivity contribution >= 4 is 5.91 Å². The van der Waals surface area contributed by atoms with Crippen molar-refractivity contribution in [1.29, 1.82) is 0 Å². The Morgan fingerprint density at radius 1 is 1.18 bits per heavy atom. The third-order valence-corrected chi connectivity index (χ3v) is 5.75. The number of halogens is 3. The number of morpholine rings is 1. The van der Waals surface area contributed by atoms with Crippen LogP contribution in [0.15, 0.2) is 49.1 Å². The minimum Gasteiger partial charge on any atom is -0.493 e. The molecule has 2 aromatic carbocycles. The van der Waals surface area contributed by atoms with Crippen LogP contribution in [0.4, 0.5) is 13.2 Å². The van der Waals surface area contributed by atoms with Gasteiger partial charge in [-0.1, -0.05) is 18.2 Å². The van der Waals surface area contributed by atoms with E-state index in [9.17, 15) is 18.0 Å². The molecule has 2 aromatic rings. The summed E-state index contributed by atoms with van der Waals surface area (Å²) in [5.74, 6) is 0.644. The minimum atomic E-state index is -4.40. The van der Waals surface area contributed by atoms with Gasteiger partial charge < -0.3 is 19.5 Å². The number of hydrogen-bond donors (Lipinski definition) is 1. The van der Waals surface area contributed by atoms with E-state index in [0.717, 1.165) is 17.7 Å². The first-order valence-corrected chi connectivity index (χ1v) is 10.9. The van der Waals surface area contributed by atoms with Crippen molar-refractivity contribution in [2.45, 2.75) is 18.6 Å². The van der Waals surface area contributed by atoms with Crippen LogP contribution in [-0.2, 0) is 17.3 Å². The Kier molecular flexibility index (Phi) is 8.57. The summed E-state index contributed by atoms with van der Waals surface area (Å²) < 4.78 is 55.3. The van der Waals surface area contributed by atoms with Crippen LogP contribution in [0.2, 0.25) is 0 Å². The Morgan fingerprint density at radius 2 is 1.85 bits per heavy atom. The summed E-state index contributed by atoms with van der Waals surface area (Å²) in [6.45, 7) is 6.23. The van der Waals surface area contributed by atoms with Crippen LogP contribution in [0.25, 0.3) is 0 Å². The Hall–Kier alpha value is -3.04. The second kappa shape index (κ2) is 11.4. The van der Waals surface area contributed by atoms with E-state index < -0.39 is 11.7 Å². The molecule has 0 spiro atoms. The SMILES string of the molecule is C=CCc1cc(C(=O)NCC(c2ccc(C(F)(F)F)cc2)N2CCOCC2)cc(OC)c1OC. The van der Waals surface area contributed by atoms with E-state index in [2.05, 4.69) is 16.8 Å². The van der Waals surface area contributed by atoms with Crippen LogP contribution in [0, 0.1) is 0 Å². The smallest absolute Gasteiger partial charge is 0.416 e. The van der Waals surface area contributed by atoms with Gasteiger partial charge in [0.25, 0.3) is 5.91 Å². The predicted octanol–water partition coefficient (Wildman–Crippen LogP) is 4.25. The van der Waals surface area contributed by atoms with Crippen molar-refractivity contribution < 1.29 is 32.2 Å². The van der Waals surface area contributed by atoms with Crippen LogP contribution < -0.4 is 14.8 Å². The zero-order valence-electron chi connectivity index (χ0n) is 19.3. The van der Waals surface area contributed by atoms with Crippen LogP contribution in [0.1, 0.15) is 33.1 Å². The molecular formula is C25H29F3N2O4. The first-order valence-electron chi connectivity index (χ1n) is 10.9. The van der Waals surface area contributed by atoms with Gasteiger partial charge in [0.1, 0.15) is 0 Å². The first-order chi connectivity index (χ1) is 16.3. The molecule has 9 heteroatoms. The maximum atomic E-state index is 13.0. The molecule has 6 nitrogen and oxygen atoms in total. The van der Waals surface area contributed by atoms with E-state index >= 15 is 0 Å². The van der Waals surface area contributed by atoms with Gasteiger partial charge in [-0.2, -0.15) is 13.2 Å². The fraction of sp³-hybridized carbons (Fsp3) is 0.400. The van der Waals surface area contributed by atoms with E-state index in [4.69, 9.17) is 14.2 Å². The number of allylic oxidation sites excluding steroid dienone is 1. The van der Waals surface area contributed by atoms with Crippen LogP contribution in [0.5, 0.6) is 11.5 Å². The first kappa shape index (κ1) is 25.6. The Labute approximate surface area is 197 Å². The minimum absolute atomic E-state index is 0.218. The van der Waals surface area contributed by atoms with Gasteiger partial charge in [0.05, 0.1) is 39.0 Å². The summed E-state index contributed by atoms with van der Waals surface area (Å²) in [4.78, 5) is 15.1. The molecule has 1 atom stereocenters. The third kappa shape index (κ3) is 6.09. The molecule has 1 unspecified atom stereocenters. The largest absolute Gasteiger partial charge is 0.493 e. The summed E-state index contributed by atoms with van der Waals surface area (Å²) >= 11 is 0. The zero-order chi connectivity index (χ0) is 24.7. The van der Waals surface area contributed by atoms with Crippen LogP contribution in [0.3, 0.4) is 0 Å². The molecule has 0 aromatic heterocycles. The fourth-order valence-electron chi connectivity index (χ4n) is 4.01. The monoisotopic (exact) mass is 478 g/mol. The third-order valence-electron chi connectivity index (χ3n) is 5.75. The van der Waals surface area contributed by atoms with Gasteiger partial charge in [0.15, 0.2) is 11.5 Å². The predicted molar refractivity (Wildman–Crippen MR) is 122 cm³/mol. The molecule has 1 fully saturated rings. The topological polar surface area (TPSA) is 60.0 Å². The Morgan fingerprint density at radius 3 is 2.41 bits per heavy atom. The van der Waals surface area contributed by atoms with Gasteiger partial charge >= 0.3 is 6.18 Å². The highest BCUT2D eigenvalue weighted by Crippen LogP contribution is 2.34. The average molecular weight is 479 g/mol. The number of nitrogens with one attached hydrogen (secondary N) is 1. The zero-order valence-corrected chi connectivity index (χ0v) is 19.3. The number of benzene rings is 2. The lowest BCUT2D eigenvalue weighted by Crippen LogP contribution is -2.43. The normalized spacial score (nSPS) is 15.4. The van der Waals surface area contributed by atoms with Crippen molar-refractivity contribution in [3.8, 4) is 11.5 Å². The fourth-order valence-corrected chi connectivity index (χ4v) is 4.01. The van der Waals surface area contributed by atoms with Crippen molar-refractivity contribution in [2.24, 2.45) is 0 Å². The lowest BCUT2D eigenvalue weighted by atomic mass is 10.0. The highest BCUT2D eigenvalue weighted by Gasteiger charge is 2.31. The summed E-state index contributed by atoms with van der Waals surface area (Å²) in [5.41, 5.74) is 1.13. The molecule has 3 rings (SSSR count). The number of carbonyl (C=O) groups is 1. The number of carbonyl (C=O) groups excluding carboxylic acids is 1. The van der Waals surface area contributed by atoms with E-state index in [1.807, 2.05) is 0 Å². The van der Waals surface area contributed by atoms with Gasteiger partial charge in [0, 0.05) is 30.8 Å². The van der Waals surface area contributed by atoms with Gasteiger partial charge in [-0.05, 0) is 36.2 Å². The van der Waals surface area contributed by atoms with Crippen LogP contribution >= 0.6 is 0 Å². The molecule has 1 aliphatic heterocycles. The molecule has 1 amide bonds. The highest BCUT2D eigenvalue weighted by molar-refractivity contribution is 5.95. The van der Waals surface area contributed by atoms with Gasteiger partial charge in [-0.25, -0.2) is 0 Å². The molecule has 34 heavy (non-hydrogen) atoms. The molecule has 1 heterocycles. The summed E-state index contributed by atoms with van der Waals surface area (Å²) in [5, 5.41) is 2.93. The molecule has 1 N–H and O–H groups in total. The Balaban J connectivity index is 1.83. The lowest BCUT2D eigenvalue weighted by Gasteiger charge is -2.35. The van der Waals surface area contributed by atoms with E-state index in [0.29, 0.717) is 55.4 Å². The average Bonchev–Trinajstić information content (AvgIpc) is 2.84. The molecule has 0 aliphatic carbocycles. The quantitative estimate of drug-likeness (QED) is 0.546. The van der Waals surface area contributed by atoms with Crippen LogP contribution in [-0.4, -0.2) is 57.9 Å². The van der Waals surface area contributed by atoms with Crippen molar-refractivity contribution in [3.63, 3.8) is 0 Å². The Bertz CT molecular complexity index is 987. The lowest BCUT2D eigenvalue weighted by molar-refractivity contribution is -0.137. The van der Waals surface area contributed by atoms with Crippen molar-refractivity contribution in [1.82, 2.24) is 10.2 Å². The summed E-state index contributed by atoms with van der Waals surface area (Å²) in [7, 11) is 3.03. The second-order valence-electron chi connectivity index (χ2n) is 7.86. The molecule has 0 radical (unpaired) electrons. The number of alkyl halides is 3. The number of methoxy groups -OCH3 is 2. The van der Waals surface area contributed by atoms with E-state index in [1.165, 1.54) is 26.4 Å². The van der Waals surface area contributed by atoms with Gasteiger partial charge in [-0.3, -0.25) is 9.69 Å². The van der Waals surface area contributed by atoms with Crippen molar-refractivity contribution in [3.05, 3.63) is 71.3 Å². The maximum absolute atomic E-state index is 13.0. The molecule has 1 aliphatic rings. The van der Waals surface area contributed by atoms with E-state index in [1.54, 1.807) is 18.2 Å². The van der Waals surface area contributed by atoms with E-state index in [-0.39, 0.29) is 18.5 Å². The molecule has 0 saturated carbocycles. The maximum Gasteiger partial charge on any atom is 0.416 e. The molecule has 184 valence electrons. The standard InChI is InChI=1S/C25H29F3N2O4/c1-4-5-18-14-19(15-22(32-2)23(18)33-3)24(31)29-16-21(30-10-12-34-13-11-30)17-6-8-20(9-7-17)25(26,27)28/h4,6-9,14-15,21H,1,5,10-13,16H2,2-3H3,(H,29,31). The number of rotatable bonds is 9. The second-order valence-corrected chi connectivity index (χ2v) is 7.86. The van der Waals surface area contributed by atoms with Gasteiger partial charge in [0.2, 0.25) is 0 Å². The summed E-state index contributed by atoms with van der Waals surface area (Å²) in [6.07, 6.45) is -2.21. The number of ether oxygens (including phenoxy) is 3. The molecule has 1 saturated heterocycles. The highest BCUT2D eigenvalue weighted by atomic mass is 19.4. The summed E-state index contributed by atoms with van der Waals surface area (Å²) in [6, 6.07) is 8.09. The number of amides is 1. The van der Waals surface area contributed by atoms with Crippen molar-refractivity contribution in [2.75, 3.05) is 47.1 Å².